The van der Waals surface area contributed by atoms with E-state index in [9.17, 15) is 22.0 Å². The minimum Gasteiger partial charge on any atom is -0.416 e. The van der Waals surface area contributed by atoms with Crippen LogP contribution in [0.5, 0.6) is 11.8 Å². The maximum atomic E-state index is 14.1. The molecule has 0 spiro atoms. The molecule has 0 fully saturated rings. The molecule has 0 aliphatic heterocycles. The monoisotopic (exact) mass is 493 g/mol. The number of carbonyl (C=O) groups is 1. The van der Waals surface area contributed by atoms with Gasteiger partial charge in [-0.25, -0.2) is 17.2 Å². The summed E-state index contributed by atoms with van der Waals surface area (Å²) in [5.74, 6) is -2.15. The van der Waals surface area contributed by atoms with Gasteiger partial charge in [0.1, 0.15) is 17.7 Å². The number of sulfonamides is 1. The molecule has 1 aromatic heterocycles. The van der Waals surface area contributed by atoms with Gasteiger partial charge in [-0.15, -0.1) is 0 Å². The summed E-state index contributed by atoms with van der Waals surface area (Å²) < 4.78 is 63.2. The summed E-state index contributed by atoms with van der Waals surface area (Å²) in [6.07, 6.45) is 1.93. The first-order valence-corrected chi connectivity index (χ1v) is 12.2. The van der Waals surface area contributed by atoms with Crippen LogP contribution in [-0.2, 0) is 21.9 Å². The molecule has 2 aromatic carbocycles. The summed E-state index contributed by atoms with van der Waals surface area (Å²) in [4.78, 5) is 16.3. The third kappa shape index (κ3) is 6.77. The highest BCUT2D eigenvalue weighted by Crippen LogP contribution is 2.28. The van der Waals surface area contributed by atoms with E-state index in [1.807, 2.05) is 18.2 Å². The number of nitrogens with zero attached hydrogens (tertiary/aromatic N) is 1. The van der Waals surface area contributed by atoms with Gasteiger partial charge < -0.3 is 14.5 Å². The number of benzene rings is 2. The lowest BCUT2D eigenvalue weighted by Crippen LogP contribution is -2.26. The Morgan fingerprint density at radius 1 is 1.15 bits per heavy atom. The Hall–Kier alpha value is -3.47. The second-order valence-corrected chi connectivity index (χ2v) is 10.4. The Kier molecular flexibility index (Phi) is 7.25. The number of anilines is 1. The van der Waals surface area contributed by atoms with Gasteiger partial charge >= 0.3 is 6.08 Å². The average Bonchev–Trinajstić information content (AvgIpc) is 3.18. The van der Waals surface area contributed by atoms with Crippen molar-refractivity contribution in [3.8, 4) is 11.8 Å². The zero-order chi connectivity index (χ0) is 25.1. The second kappa shape index (κ2) is 9.80. The van der Waals surface area contributed by atoms with Crippen LogP contribution >= 0.6 is 0 Å². The summed E-state index contributed by atoms with van der Waals surface area (Å²) in [5, 5.41) is 2.57. The fourth-order valence-corrected chi connectivity index (χ4v) is 3.56. The van der Waals surface area contributed by atoms with Crippen molar-refractivity contribution >= 4 is 21.6 Å². The molecule has 0 saturated carbocycles. The normalized spacial score (nSPS) is 11.8. The SMILES string of the molecule is CC(C)(C)c1cccc(Oc2nc(C(=O)NCCc3cc(F)c(NS(C)(=O)=O)c(F)c3)co2)c1. The number of hydrogen-bond donors (Lipinski definition) is 2. The number of oxazole rings is 1. The fourth-order valence-electron chi connectivity index (χ4n) is 3.00. The summed E-state index contributed by atoms with van der Waals surface area (Å²) in [7, 11) is -3.83. The Morgan fingerprint density at radius 3 is 2.44 bits per heavy atom. The van der Waals surface area contributed by atoms with Crippen LogP contribution in [0.2, 0.25) is 0 Å². The van der Waals surface area contributed by atoms with Gasteiger partial charge in [-0.2, -0.15) is 4.98 Å². The predicted molar refractivity (Wildman–Crippen MR) is 123 cm³/mol. The number of amides is 1. The van der Waals surface area contributed by atoms with Crippen LogP contribution in [0, 0.1) is 11.6 Å². The summed E-state index contributed by atoms with van der Waals surface area (Å²) >= 11 is 0. The molecule has 0 saturated heterocycles. The van der Waals surface area contributed by atoms with E-state index in [0.29, 0.717) is 5.75 Å². The lowest BCUT2D eigenvalue weighted by Gasteiger charge is -2.19. The van der Waals surface area contributed by atoms with Crippen molar-refractivity contribution in [3.05, 3.63) is 71.1 Å². The molecule has 3 aromatic rings. The molecule has 0 aliphatic carbocycles. The predicted octanol–water partition coefficient (Wildman–Crippen LogP) is 4.39. The maximum Gasteiger partial charge on any atom is 0.399 e. The first kappa shape index (κ1) is 25.2. The van der Waals surface area contributed by atoms with Crippen LogP contribution in [0.4, 0.5) is 14.5 Å². The van der Waals surface area contributed by atoms with Crippen molar-refractivity contribution in [2.24, 2.45) is 0 Å². The lowest BCUT2D eigenvalue weighted by molar-refractivity contribution is 0.0949. The molecule has 8 nitrogen and oxygen atoms in total. The Labute approximate surface area is 196 Å². The molecule has 0 atom stereocenters. The van der Waals surface area contributed by atoms with Crippen LogP contribution in [-0.4, -0.2) is 32.1 Å². The Morgan fingerprint density at radius 2 is 1.82 bits per heavy atom. The van der Waals surface area contributed by atoms with Gasteiger partial charge in [0.2, 0.25) is 10.0 Å². The molecule has 182 valence electrons. The topological polar surface area (TPSA) is 111 Å². The van der Waals surface area contributed by atoms with Crippen LogP contribution in [0.15, 0.2) is 47.1 Å². The molecule has 0 radical (unpaired) electrons. The third-order valence-electron chi connectivity index (χ3n) is 4.71. The highest BCUT2D eigenvalue weighted by atomic mass is 32.2. The average molecular weight is 494 g/mol. The van der Waals surface area contributed by atoms with Crippen LogP contribution in [0.1, 0.15) is 42.4 Å². The smallest absolute Gasteiger partial charge is 0.399 e. The molecular formula is C23H25F2N3O5S. The van der Waals surface area contributed by atoms with E-state index < -0.39 is 33.3 Å². The Balaban J connectivity index is 1.58. The van der Waals surface area contributed by atoms with Crippen molar-refractivity contribution in [1.29, 1.82) is 0 Å². The molecule has 2 N–H and O–H groups in total. The molecule has 0 aliphatic rings. The molecule has 3 rings (SSSR count). The summed E-state index contributed by atoms with van der Waals surface area (Å²) in [5.41, 5.74) is 0.447. The van der Waals surface area contributed by atoms with E-state index in [4.69, 9.17) is 9.15 Å². The zero-order valence-corrected chi connectivity index (χ0v) is 19.9. The van der Waals surface area contributed by atoms with Gasteiger partial charge in [-0.3, -0.25) is 9.52 Å². The number of ether oxygens (including phenoxy) is 1. The van der Waals surface area contributed by atoms with Crippen molar-refractivity contribution in [2.45, 2.75) is 32.6 Å². The van der Waals surface area contributed by atoms with Crippen molar-refractivity contribution < 1.29 is 31.1 Å². The van der Waals surface area contributed by atoms with Crippen LogP contribution < -0.4 is 14.8 Å². The quantitative estimate of drug-likeness (QED) is 0.482. The van der Waals surface area contributed by atoms with Gasteiger partial charge in [-0.05, 0) is 47.2 Å². The van der Waals surface area contributed by atoms with Crippen LogP contribution in [0.3, 0.4) is 0 Å². The number of nitrogens with one attached hydrogen (secondary N) is 2. The van der Waals surface area contributed by atoms with E-state index in [1.54, 1.807) is 10.8 Å². The minimum absolute atomic E-state index is 0.0213. The van der Waals surface area contributed by atoms with Gasteiger partial charge in [0.25, 0.3) is 5.91 Å². The van der Waals surface area contributed by atoms with Crippen LogP contribution in [0.25, 0.3) is 0 Å². The highest BCUT2D eigenvalue weighted by Gasteiger charge is 2.18. The minimum atomic E-state index is -3.83. The maximum absolute atomic E-state index is 14.1. The number of halogens is 2. The lowest BCUT2D eigenvalue weighted by atomic mass is 9.87. The molecule has 34 heavy (non-hydrogen) atoms. The van der Waals surface area contributed by atoms with E-state index in [-0.39, 0.29) is 35.7 Å². The van der Waals surface area contributed by atoms with E-state index >= 15 is 0 Å². The number of carbonyl (C=O) groups excluding carboxylic acids is 1. The number of rotatable bonds is 8. The Bertz CT molecular complexity index is 1280. The summed E-state index contributed by atoms with van der Waals surface area (Å²) in [6.45, 7) is 6.27. The molecule has 0 bridgehead atoms. The second-order valence-electron chi connectivity index (χ2n) is 8.69. The zero-order valence-electron chi connectivity index (χ0n) is 19.1. The van der Waals surface area contributed by atoms with E-state index in [0.717, 1.165) is 30.2 Å². The first-order valence-electron chi connectivity index (χ1n) is 10.3. The molecule has 1 heterocycles. The van der Waals surface area contributed by atoms with Gasteiger partial charge in [-0.1, -0.05) is 32.9 Å². The number of hydrogen-bond acceptors (Lipinski definition) is 6. The summed E-state index contributed by atoms with van der Waals surface area (Å²) in [6, 6.07) is 9.43. The molecule has 11 heteroatoms. The fraction of sp³-hybridized carbons (Fsp3) is 0.304. The highest BCUT2D eigenvalue weighted by molar-refractivity contribution is 7.92. The molecular weight excluding hydrogens is 468 g/mol. The van der Waals surface area contributed by atoms with E-state index in [1.165, 1.54) is 0 Å². The van der Waals surface area contributed by atoms with E-state index in [2.05, 4.69) is 31.1 Å². The third-order valence-corrected chi connectivity index (χ3v) is 5.28. The molecule has 0 unspecified atom stereocenters. The van der Waals surface area contributed by atoms with Crippen molar-refractivity contribution in [2.75, 3.05) is 17.5 Å². The van der Waals surface area contributed by atoms with Crippen molar-refractivity contribution in [1.82, 2.24) is 10.3 Å². The van der Waals surface area contributed by atoms with Gasteiger partial charge in [0.05, 0.1) is 6.26 Å². The van der Waals surface area contributed by atoms with Gasteiger partial charge in [0, 0.05) is 6.54 Å². The van der Waals surface area contributed by atoms with Gasteiger partial charge in [0.15, 0.2) is 17.3 Å². The van der Waals surface area contributed by atoms with Crippen molar-refractivity contribution in [3.63, 3.8) is 0 Å². The first-order chi connectivity index (χ1) is 15.8. The molecule has 1 amide bonds. The number of aromatic nitrogens is 1. The standard InChI is InChI=1S/C23H25F2N3O5S/c1-23(2,3)15-6-5-7-16(12-15)33-22-27-19(13-32-22)21(29)26-9-8-14-10-17(24)20(18(25)11-14)28-34(4,30)31/h5-7,10-13,28H,8-9H2,1-4H3,(H,26,29). The largest absolute Gasteiger partial charge is 0.416 e.